The zero-order chi connectivity index (χ0) is 12.3. The summed E-state index contributed by atoms with van der Waals surface area (Å²) in [5.74, 6) is -3.65. The summed E-state index contributed by atoms with van der Waals surface area (Å²) < 4.78 is 26.8. The Morgan fingerprint density at radius 3 is 2.65 bits per heavy atom. The second-order valence-electron chi connectivity index (χ2n) is 4.61. The van der Waals surface area contributed by atoms with E-state index in [1.54, 1.807) is 0 Å². The molecular weight excluding hydrogens is 224 g/mol. The fourth-order valence-electron chi connectivity index (χ4n) is 2.22. The third-order valence-electron chi connectivity index (χ3n) is 3.31. The second-order valence-corrected chi connectivity index (χ2v) is 4.61. The van der Waals surface area contributed by atoms with Gasteiger partial charge in [-0.15, -0.1) is 0 Å². The second kappa shape index (κ2) is 5.10. The number of nitrogens with zero attached hydrogens (tertiary/aromatic N) is 1. The SMILES string of the molecule is OCC1CN(Cc2ccccc2)CCC1(F)F. The Bertz CT molecular complexity index is 356. The first-order chi connectivity index (χ1) is 8.12. The lowest BCUT2D eigenvalue weighted by molar-refractivity contribution is -0.121. The van der Waals surface area contributed by atoms with Crippen molar-refractivity contribution < 1.29 is 13.9 Å². The van der Waals surface area contributed by atoms with E-state index >= 15 is 0 Å². The maximum Gasteiger partial charge on any atom is 0.255 e. The highest BCUT2D eigenvalue weighted by atomic mass is 19.3. The van der Waals surface area contributed by atoms with Crippen LogP contribution in [0.5, 0.6) is 0 Å². The van der Waals surface area contributed by atoms with Gasteiger partial charge >= 0.3 is 0 Å². The van der Waals surface area contributed by atoms with Gasteiger partial charge in [-0.2, -0.15) is 0 Å². The summed E-state index contributed by atoms with van der Waals surface area (Å²) in [7, 11) is 0. The molecule has 0 saturated carbocycles. The van der Waals surface area contributed by atoms with Gasteiger partial charge in [0.05, 0.1) is 12.5 Å². The summed E-state index contributed by atoms with van der Waals surface area (Å²) in [6, 6.07) is 9.79. The molecule has 94 valence electrons. The summed E-state index contributed by atoms with van der Waals surface area (Å²) in [5, 5.41) is 9.00. The highest BCUT2D eigenvalue weighted by Gasteiger charge is 2.43. The lowest BCUT2D eigenvalue weighted by Gasteiger charge is -2.37. The number of likely N-dealkylation sites (tertiary alicyclic amines) is 1. The van der Waals surface area contributed by atoms with Crippen LogP contribution in [0.2, 0.25) is 0 Å². The van der Waals surface area contributed by atoms with Crippen LogP contribution in [0.1, 0.15) is 12.0 Å². The van der Waals surface area contributed by atoms with E-state index in [-0.39, 0.29) is 13.0 Å². The Labute approximate surface area is 99.9 Å². The van der Waals surface area contributed by atoms with Crippen LogP contribution < -0.4 is 0 Å². The van der Waals surface area contributed by atoms with E-state index in [0.717, 1.165) is 5.56 Å². The van der Waals surface area contributed by atoms with Crippen molar-refractivity contribution in [3.05, 3.63) is 35.9 Å². The molecule has 1 aliphatic heterocycles. The van der Waals surface area contributed by atoms with E-state index in [2.05, 4.69) is 0 Å². The Morgan fingerprint density at radius 1 is 1.29 bits per heavy atom. The van der Waals surface area contributed by atoms with E-state index < -0.39 is 18.4 Å². The van der Waals surface area contributed by atoms with Crippen LogP contribution in [-0.2, 0) is 6.54 Å². The predicted octanol–water partition coefficient (Wildman–Crippen LogP) is 2.14. The van der Waals surface area contributed by atoms with Gasteiger partial charge < -0.3 is 5.11 Å². The molecule has 1 fully saturated rings. The molecule has 1 heterocycles. The number of aliphatic hydroxyl groups excluding tert-OH is 1. The Morgan fingerprint density at radius 2 is 2.00 bits per heavy atom. The molecule has 4 heteroatoms. The third-order valence-corrected chi connectivity index (χ3v) is 3.31. The van der Waals surface area contributed by atoms with Gasteiger partial charge in [0.25, 0.3) is 5.92 Å². The number of aliphatic hydroxyl groups is 1. The molecule has 1 unspecified atom stereocenters. The number of benzene rings is 1. The number of hydrogen-bond acceptors (Lipinski definition) is 2. The summed E-state index contributed by atoms with van der Waals surface area (Å²) in [6.45, 7) is 0.877. The Balaban J connectivity index is 1.96. The summed E-state index contributed by atoms with van der Waals surface area (Å²) in [5.41, 5.74) is 1.12. The lowest BCUT2D eigenvalue weighted by Crippen LogP contribution is -2.48. The monoisotopic (exact) mass is 241 g/mol. The van der Waals surface area contributed by atoms with Gasteiger partial charge in [-0.25, -0.2) is 8.78 Å². The minimum Gasteiger partial charge on any atom is -0.396 e. The van der Waals surface area contributed by atoms with Crippen LogP contribution in [0.25, 0.3) is 0 Å². The van der Waals surface area contributed by atoms with Gasteiger partial charge in [-0.05, 0) is 5.56 Å². The summed E-state index contributed by atoms with van der Waals surface area (Å²) >= 11 is 0. The number of hydrogen-bond donors (Lipinski definition) is 1. The van der Waals surface area contributed by atoms with E-state index in [9.17, 15) is 8.78 Å². The first-order valence-electron chi connectivity index (χ1n) is 5.87. The van der Waals surface area contributed by atoms with Crippen molar-refractivity contribution in [3.8, 4) is 0 Å². The van der Waals surface area contributed by atoms with Gasteiger partial charge in [-0.1, -0.05) is 30.3 Å². The number of halogens is 2. The number of piperidine rings is 1. The van der Waals surface area contributed by atoms with Crippen molar-refractivity contribution >= 4 is 0 Å². The molecule has 1 aliphatic rings. The first-order valence-corrected chi connectivity index (χ1v) is 5.87. The van der Waals surface area contributed by atoms with Crippen LogP contribution in [0, 0.1) is 5.92 Å². The normalized spacial score (nSPS) is 24.8. The van der Waals surface area contributed by atoms with E-state index in [1.165, 1.54) is 0 Å². The minimum absolute atomic E-state index is 0.162. The molecule has 0 spiro atoms. The highest BCUT2D eigenvalue weighted by molar-refractivity contribution is 5.14. The molecule has 17 heavy (non-hydrogen) atoms. The largest absolute Gasteiger partial charge is 0.396 e. The number of alkyl halides is 2. The molecule has 2 rings (SSSR count). The van der Waals surface area contributed by atoms with Crippen LogP contribution in [0.4, 0.5) is 8.78 Å². The lowest BCUT2D eigenvalue weighted by atomic mass is 9.94. The molecule has 0 amide bonds. The molecule has 0 radical (unpaired) electrons. The molecule has 0 aliphatic carbocycles. The molecule has 1 N–H and O–H groups in total. The van der Waals surface area contributed by atoms with Crippen LogP contribution in [0.3, 0.4) is 0 Å². The smallest absolute Gasteiger partial charge is 0.255 e. The average Bonchev–Trinajstić information content (AvgIpc) is 2.33. The van der Waals surface area contributed by atoms with E-state index in [0.29, 0.717) is 13.1 Å². The van der Waals surface area contributed by atoms with Crippen molar-refractivity contribution in [1.29, 1.82) is 0 Å². The standard InChI is InChI=1S/C13H17F2NO/c14-13(15)6-7-16(9-12(13)10-17)8-11-4-2-1-3-5-11/h1-5,12,17H,6-10H2. The van der Waals surface area contributed by atoms with Crippen molar-refractivity contribution in [3.63, 3.8) is 0 Å². The molecule has 1 saturated heterocycles. The molecule has 0 bridgehead atoms. The maximum absolute atomic E-state index is 13.4. The first kappa shape index (κ1) is 12.5. The van der Waals surface area contributed by atoms with E-state index in [1.807, 2.05) is 35.2 Å². The predicted molar refractivity (Wildman–Crippen MR) is 61.9 cm³/mol. The maximum atomic E-state index is 13.4. The van der Waals surface area contributed by atoms with Crippen molar-refractivity contribution in [2.75, 3.05) is 19.7 Å². The number of rotatable bonds is 3. The fraction of sp³-hybridized carbons (Fsp3) is 0.538. The third kappa shape index (κ3) is 3.01. The van der Waals surface area contributed by atoms with Gasteiger partial charge in [0.1, 0.15) is 0 Å². The zero-order valence-electron chi connectivity index (χ0n) is 9.65. The Kier molecular flexibility index (Phi) is 3.74. The van der Waals surface area contributed by atoms with Crippen LogP contribution >= 0.6 is 0 Å². The quantitative estimate of drug-likeness (QED) is 0.876. The van der Waals surface area contributed by atoms with Crippen molar-refractivity contribution in [1.82, 2.24) is 4.90 Å². The molecule has 1 aromatic rings. The zero-order valence-corrected chi connectivity index (χ0v) is 9.65. The molecule has 0 aromatic heterocycles. The topological polar surface area (TPSA) is 23.5 Å². The summed E-state index contributed by atoms with van der Waals surface area (Å²) in [6.07, 6.45) is -0.162. The van der Waals surface area contributed by atoms with Gasteiger partial charge in [0.2, 0.25) is 0 Å². The average molecular weight is 241 g/mol. The molecule has 2 nitrogen and oxygen atoms in total. The highest BCUT2D eigenvalue weighted by Crippen LogP contribution is 2.33. The summed E-state index contributed by atoms with van der Waals surface area (Å²) in [4.78, 5) is 1.98. The van der Waals surface area contributed by atoms with Gasteiger partial charge in [0, 0.05) is 26.1 Å². The molecule has 1 aromatic carbocycles. The Hall–Kier alpha value is -1.00. The molecular formula is C13H17F2NO. The van der Waals surface area contributed by atoms with Gasteiger partial charge in [-0.3, -0.25) is 4.90 Å². The fourth-order valence-corrected chi connectivity index (χ4v) is 2.22. The van der Waals surface area contributed by atoms with Crippen molar-refractivity contribution in [2.24, 2.45) is 5.92 Å². The van der Waals surface area contributed by atoms with Crippen molar-refractivity contribution in [2.45, 2.75) is 18.9 Å². The van der Waals surface area contributed by atoms with Crippen LogP contribution in [-0.4, -0.2) is 35.6 Å². The minimum atomic E-state index is -2.72. The van der Waals surface area contributed by atoms with E-state index in [4.69, 9.17) is 5.11 Å². The van der Waals surface area contributed by atoms with Gasteiger partial charge in [0.15, 0.2) is 0 Å². The molecule has 1 atom stereocenters. The van der Waals surface area contributed by atoms with Crippen LogP contribution in [0.15, 0.2) is 30.3 Å².